The van der Waals surface area contributed by atoms with Crippen molar-refractivity contribution in [3.8, 4) is 0 Å². The van der Waals surface area contributed by atoms with Crippen molar-refractivity contribution >= 4 is 0 Å². The Balaban J connectivity index is -0.0000000340. The molecule has 0 fully saturated rings. The number of hydrogen-bond donors (Lipinski definition) is 0. The second kappa shape index (κ2) is 22.3. The van der Waals surface area contributed by atoms with Gasteiger partial charge in [0, 0.05) is 0 Å². The Morgan fingerprint density at radius 1 is 0.238 bits per heavy atom. The highest BCUT2D eigenvalue weighted by Gasteiger charge is 1.96. The first kappa shape index (κ1) is 37.3. The van der Waals surface area contributed by atoms with E-state index in [-0.39, 0.29) is 0 Å². The molecular weight excluding hydrogens is 252 g/mol. The van der Waals surface area contributed by atoms with Crippen molar-refractivity contribution in [1.82, 2.24) is 0 Å². The van der Waals surface area contributed by atoms with E-state index in [2.05, 4.69) is 83.1 Å². The lowest BCUT2D eigenvalue weighted by atomic mass is 10.0. The zero-order chi connectivity index (χ0) is 19.5. The third kappa shape index (κ3) is 0. The quantitative estimate of drug-likeness (QED) is 0.418. The Bertz CT molecular complexity index is 75.1. The molecule has 0 saturated carbocycles. The van der Waals surface area contributed by atoms with E-state index < -0.39 is 0 Å². The molecule has 0 atom stereocenters. The molecule has 0 heteroatoms. The minimum absolute atomic E-state index is 0.500. The Morgan fingerprint density at radius 3 is 0.238 bits per heavy atom. The molecule has 0 bridgehead atoms. The summed E-state index contributed by atoms with van der Waals surface area (Å²) in [7, 11) is 0. The summed E-state index contributed by atoms with van der Waals surface area (Å²) in [6.07, 6.45) is 0. The maximum absolute atomic E-state index is 2.19. The average molecular weight is 307 g/mol. The predicted octanol–water partition coefficient (Wildman–Crippen LogP) is 9.24. The zero-order valence-corrected chi connectivity index (χ0v) is 19.5. The van der Waals surface area contributed by atoms with Crippen LogP contribution in [0.1, 0.15) is 125 Å². The predicted molar refractivity (Wildman–Crippen MR) is 109 cm³/mol. The first-order valence-electron chi connectivity index (χ1n) is 9.00. The molecule has 0 heterocycles. The highest BCUT2D eigenvalue weighted by molar-refractivity contribution is 4.48. The summed E-state index contributed by atoms with van der Waals surface area (Å²) in [4.78, 5) is 0. The standard InChI is InChI=1S/3C5H12.3C2H6/c3*1-5(2,3)4;3*1-2/h3*1-4H3;3*1-2H3. The molecule has 0 amide bonds. The summed E-state index contributed by atoms with van der Waals surface area (Å²) in [5, 5.41) is 0. The fourth-order valence-corrected chi connectivity index (χ4v) is 0. The van der Waals surface area contributed by atoms with Crippen LogP contribution in [0.4, 0.5) is 0 Å². The van der Waals surface area contributed by atoms with Crippen molar-refractivity contribution in [2.45, 2.75) is 125 Å². The molecule has 138 valence electrons. The fraction of sp³-hybridized carbons (Fsp3) is 1.00. The van der Waals surface area contributed by atoms with Crippen LogP contribution in [0.25, 0.3) is 0 Å². The van der Waals surface area contributed by atoms with Gasteiger partial charge in [-0.25, -0.2) is 0 Å². The zero-order valence-electron chi connectivity index (χ0n) is 19.5. The minimum Gasteiger partial charge on any atom is -0.0683 e. The number of hydrogen-bond acceptors (Lipinski definition) is 0. The van der Waals surface area contributed by atoms with E-state index in [1.54, 1.807) is 0 Å². The van der Waals surface area contributed by atoms with Crippen LogP contribution in [-0.4, -0.2) is 0 Å². The van der Waals surface area contributed by atoms with E-state index in [0.29, 0.717) is 16.2 Å². The molecule has 0 saturated heterocycles. The van der Waals surface area contributed by atoms with Gasteiger partial charge in [-0.3, -0.25) is 0 Å². The van der Waals surface area contributed by atoms with Crippen LogP contribution in [0.15, 0.2) is 0 Å². The molecule has 0 rings (SSSR count). The summed E-state index contributed by atoms with van der Waals surface area (Å²) in [6.45, 7) is 38.2. The summed E-state index contributed by atoms with van der Waals surface area (Å²) in [6, 6.07) is 0. The lowest BCUT2D eigenvalue weighted by molar-refractivity contribution is 0.469. The molecule has 0 spiro atoms. The Labute approximate surface area is 141 Å². The fourth-order valence-electron chi connectivity index (χ4n) is 0. The minimum atomic E-state index is 0.500. The van der Waals surface area contributed by atoms with Crippen molar-refractivity contribution < 1.29 is 0 Å². The molecule has 0 N–H and O–H groups in total. The van der Waals surface area contributed by atoms with Gasteiger partial charge in [-0.1, -0.05) is 125 Å². The second-order valence-corrected chi connectivity index (χ2v) is 9.00. The molecule has 0 aromatic heterocycles. The normalized spacial score (nSPS) is 9.43. The van der Waals surface area contributed by atoms with Crippen molar-refractivity contribution in [2.24, 2.45) is 16.2 Å². The van der Waals surface area contributed by atoms with Gasteiger partial charge in [-0.05, 0) is 16.2 Å². The molecule has 0 aromatic rings. The largest absolute Gasteiger partial charge is 0.0683 e. The Morgan fingerprint density at radius 2 is 0.238 bits per heavy atom. The van der Waals surface area contributed by atoms with Gasteiger partial charge >= 0.3 is 0 Å². The Kier molecular flexibility index (Phi) is 39.6. The average Bonchev–Trinajstić information content (AvgIpc) is 2.18. The van der Waals surface area contributed by atoms with E-state index in [1.165, 1.54) is 0 Å². The van der Waals surface area contributed by atoms with Crippen LogP contribution in [0.5, 0.6) is 0 Å². The smallest absolute Gasteiger partial charge is 0.0411 e. The lowest BCUT2D eigenvalue weighted by Gasteiger charge is -2.05. The highest BCUT2D eigenvalue weighted by Crippen LogP contribution is 2.08. The summed E-state index contributed by atoms with van der Waals surface area (Å²) >= 11 is 0. The van der Waals surface area contributed by atoms with Crippen molar-refractivity contribution in [2.75, 3.05) is 0 Å². The third-order valence-corrected chi connectivity index (χ3v) is 0. The molecule has 0 aliphatic heterocycles. The molecule has 0 aromatic carbocycles. The Hall–Kier alpha value is 0. The first-order valence-corrected chi connectivity index (χ1v) is 9.00. The third-order valence-electron chi connectivity index (χ3n) is 0. The van der Waals surface area contributed by atoms with Gasteiger partial charge in [0.1, 0.15) is 0 Å². The van der Waals surface area contributed by atoms with Gasteiger partial charge in [-0.15, -0.1) is 0 Å². The summed E-state index contributed by atoms with van der Waals surface area (Å²) in [5.41, 5.74) is 1.50. The SMILES string of the molecule is CC.CC.CC.CC(C)(C)C.CC(C)(C)C.CC(C)(C)C. The van der Waals surface area contributed by atoms with Crippen molar-refractivity contribution in [3.05, 3.63) is 0 Å². The summed E-state index contributed by atoms with van der Waals surface area (Å²) < 4.78 is 0. The van der Waals surface area contributed by atoms with Crippen LogP contribution >= 0.6 is 0 Å². The maximum atomic E-state index is 2.19. The topological polar surface area (TPSA) is 0 Å². The van der Waals surface area contributed by atoms with E-state index in [1.807, 2.05) is 41.5 Å². The molecule has 0 nitrogen and oxygen atoms in total. The van der Waals surface area contributed by atoms with Gasteiger partial charge in [0.15, 0.2) is 0 Å². The molecule has 0 aliphatic rings. The van der Waals surface area contributed by atoms with Crippen LogP contribution in [0.2, 0.25) is 0 Å². The highest BCUT2D eigenvalue weighted by atomic mass is 14.0. The second-order valence-electron chi connectivity index (χ2n) is 9.00. The van der Waals surface area contributed by atoms with Crippen molar-refractivity contribution in [1.29, 1.82) is 0 Å². The van der Waals surface area contributed by atoms with Crippen molar-refractivity contribution in [3.63, 3.8) is 0 Å². The van der Waals surface area contributed by atoms with E-state index >= 15 is 0 Å². The van der Waals surface area contributed by atoms with Crippen LogP contribution < -0.4 is 0 Å². The van der Waals surface area contributed by atoms with Gasteiger partial charge < -0.3 is 0 Å². The van der Waals surface area contributed by atoms with Crippen LogP contribution in [0, 0.1) is 16.2 Å². The molecule has 21 heavy (non-hydrogen) atoms. The van der Waals surface area contributed by atoms with E-state index in [0.717, 1.165) is 0 Å². The molecular formula is C21H54. The van der Waals surface area contributed by atoms with Gasteiger partial charge in [0.25, 0.3) is 0 Å². The monoisotopic (exact) mass is 306 g/mol. The molecule has 0 unspecified atom stereocenters. The van der Waals surface area contributed by atoms with E-state index in [9.17, 15) is 0 Å². The van der Waals surface area contributed by atoms with Gasteiger partial charge in [0.05, 0.1) is 0 Å². The lowest BCUT2D eigenvalue weighted by Crippen LogP contribution is -1.93. The van der Waals surface area contributed by atoms with Crippen LogP contribution in [-0.2, 0) is 0 Å². The molecule has 0 radical (unpaired) electrons. The summed E-state index contributed by atoms with van der Waals surface area (Å²) in [5.74, 6) is 0. The van der Waals surface area contributed by atoms with Gasteiger partial charge in [0.2, 0.25) is 0 Å². The van der Waals surface area contributed by atoms with Gasteiger partial charge in [-0.2, -0.15) is 0 Å². The number of rotatable bonds is 0. The molecule has 0 aliphatic carbocycles. The van der Waals surface area contributed by atoms with Crippen LogP contribution in [0.3, 0.4) is 0 Å². The van der Waals surface area contributed by atoms with E-state index in [4.69, 9.17) is 0 Å². The maximum Gasteiger partial charge on any atom is -0.0411 e. The first-order chi connectivity index (χ1) is 9.00.